The highest BCUT2D eigenvalue weighted by molar-refractivity contribution is 7.89. The minimum absolute atomic E-state index is 0.0972. The molecule has 0 aliphatic heterocycles. The zero-order valence-corrected chi connectivity index (χ0v) is 14.3. The van der Waals surface area contributed by atoms with Crippen LogP contribution >= 0.6 is 0 Å². The Labute approximate surface area is 145 Å². The third-order valence-electron chi connectivity index (χ3n) is 3.48. The molecule has 0 bridgehead atoms. The number of rotatable bonds is 5. The first-order valence-corrected chi connectivity index (χ1v) is 9.54. The van der Waals surface area contributed by atoms with E-state index in [2.05, 4.69) is 10.3 Å². The fourth-order valence-electron chi connectivity index (χ4n) is 2.38. The van der Waals surface area contributed by atoms with Crippen LogP contribution in [0.4, 0.5) is 5.69 Å². The molecular formula is C18H16N2O4S. The van der Waals surface area contributed by atoms with E-state index < -0.39 is 9.84 Å². The average molecular weight is 356 g/mol. The van der Waals surface area contributed by atoms with Crippen LogP contribution in [-0.4, -0.2) is 25.6 Å². The molecule has 3 rings (SSSR count). The van der Waals surface area contributed by atoms with Crippen molar-refractivity contribution in [2.75, 3.05) is 11.6 Å². The summed E-state index contributed by atoms with van der Waals surface area (Å²) in [7, 11) is -3.15. The average Bonchev–Trinajstić information content (AvgIpc) is 3.08. The van der Waals surface area contributed by atoms with E-state index in [1.807, 2.05) is 12.1 Å². The van der Waals surface area contributed by atoms with Gasteiger partial charge < -0.3 is 9.73 Å². The van der Waals surface area contributed by atoms with Crippen LogP contribution in [0.1, 0.15) is 15.9 Å². The third-order valence-corrected chi connectivity index (χ3v) is 4.34. The van der Waals surface area contributed by atoms with Gasteiger partial charge in [-0.05, 0) is 42.0 Å². The van der Waals surface area contributed by atoms with Crippen molar-refractivity contribution in [2.24, 2.45) is 0 Å². The second kappa shape index (κ2) is 6.90. The summed E-state index contributed by atoms with van der Waals surface area (Å²) >= 11 is 0. The maximum atomic E-state index is 12.4. The van der Waals surface area contributed by atoms with Crippen molar-refractivity contribution >= 4 is 21.4 Å². The van der Waals surface area contributed by atoms with Crippen molar-refractivity contribution in [3.63, 3.8) is 0 Å². The zero-order valence-electron chi connectivity index (χ0n) is 13.5. The SMILES string of the molecule is CS(=O)(=O)Cc1cccc(C(=O)Nc2ccc(-c3cnco3)cc2)c1. The molecule has 0 aliphatic rings. The van der Waals surface area contributed by atoms with Gasteiger partial charge in [-0.3, -0.25) is 4.79 Å². The lowest BCUT2D eigenvalue weighted by molar-refractivity contribution is 0.102. The summed E-state index contributed by atoms with van der Waals surface area (Å²) in [5, 5.41) is 2.79. The molecule has 0 spiro atoms. The Morgan fingerprint density at radius 2 is 1.92 bits per heavy atom. The smallest absolute Gasteiger partial charge is 0.255 e. The molecule has 6 nitrogen and oxygen atoms in total. The molecule has 0 saturated heterocycles. The lowest BCUT2D eigenvalue weighted by Crippen LogP contribution is -2.12. The number of nitrogens with one attached hydrogen (secondary N) is 1. The standard InChI is InChI=1S/C18H16N2O4S/c1-25(22,23)11-13-3-2-4-15(9-13)18(21)20-16-7-5-14(6-8-16)17-10-19-12-24-17/h2-10,12H,11H2,1H3,(H,20,21). The number of carbonyl (C=O) groups is 1. The van der Waals surface area contributed by atoms with Crippen LogP contribution < -0.4 is 5.32 Å². The maximum Gasteiger partial charge on any atom is 0.255 e. The molecule has 25 heavy (non-hydrogen) atoms. The Bertz CT molecular complexity index is 978. The van der Waals surface area contributed by atoms with Gasteiger partial charge in [0.05, 0.1) is 11.9 Å². The van der Waals surface area contributed by atoms with E-state index >= 15 is 0 Å². The number of sulfone groups is 1. The van der Waals surface area contributed by atoms with Crippen LogP contribution in [0.25, 0.3) is 11.3 Å². The summed E-state index contributed by atoms with van der Waals surface area (Å²) in [6.07, 6.45) is 4.13. The number of oxazole rings is 1. The normalized spacial score (nSPS) is 11.2. The highest BCUT2D eigenvalue weighted by Gasteiger charge is 2.10. The van der Waals surface area contributed by atoms with Crippen molar-refractivity contribution in [3.8, 4) is 11.3 Å². The van der Waals surface area contributed by atoms with Crippen molar-refractivity contribution in [1.29, 1.82) is 0 Å². The molecule has 0 aliphatic carbocycles. The van der Waals surface area contributed by atoms with Crippen LogP contribution in [-0.2, 0) is 15.6 Å². The number of carbonyl (C=O) groups excluding carboxylic acids is 1. The van der Waals surface area contributed by atoms with Crippen LogP contribution in [0.2, 0.25) is 0 Å². The van der Waals surface area contributed by atoms with Crippen molar-refractivity contribution in [1.82, 2.24) is 4.98 Å². The van der Waals surface area contributed by atoms with Crippen molar-refractivity contribution < 1.29 is 17.6 Å². The number of hydrogen-bond acceptors (Lipinski definition) is 5. The number of anilines is 1. The van der Waals surface area contributed by atoms with E-state index in [4.69, 9.17) is 4.42 Å². The second-order valence-corrected chi connectivity index (χ2v) is 7.81. The first-order chi connectivity index (χ1) is 11.9. The zero-order chi connectivity index (χ0) is 17.9. The van der Waals surface area contributed by atoms with Crippen LogP contribution in [0.3, 0.4) is 0 Å². The fourth-order valence-corrected chi connectivity index (χ4v) is 3.17. The van der Waals surface area contributed by atoms with Crippen molar-refractivity contribution in [3.05, 3.63) is 72.2 Å². The number of benzene rings is 2. The molecule has 0 atom stereocenters. The minimum atomic E-state index is -3.15. The molecule has 1 N–H and O–H groups in total. The molecule has 1 amide bonds. The Morgan fingerprint density at radius 3 is 2.56 bits per heavy atom. The highest BCUT2D eigenvalue weighted by atomic mass is 32.2. The molecule has 0 saturated carbocycles. The highest BCUT2D eigenvalue weighted by Crippen LogP contribution is 2.21. The van der Waals surface area contributed by atoms with Crippen LogP contribution in [0, 0.1) is 0 Å². The molecular weight excluding hydrogens is 340 g/mol. The lowest BCUT2D eigenvalue weighted by Gasteiger charge is -2.07. The summed E-state index contributed by atoms with van der Waals surface area (Å²) in [5.74, 6) is 0.245. The first-order valence-electron chi connectivity index (χ1n) is 7.48. The van der Waals surface area contributed by atoms with Crippen LogP contribution in [0.5, 0.6) is 0 Å². The van der Waals surface area contributed by atoms with E-state index in [0.717, 1.165) is 11.8 Å². The lowest BCUT2D eigenvalue weighted by atomic mass is 10.1. The van der Waals surface area contributed by atoms with Gasteiger partial charge in [0.25, 0.3) is 5.91 Å². The van der Waals surface area contributed by atoms with Gasteiger partial charge >= 0.3 is 0 Å². The quantitative estimate of drug-likeness (QED) is 0.758. The number of aromatic nitrogens is 1. The molecule has 0 fully saturated rings. The molecule has 7 heteroatoms. The summed E-state index contributed by atoms with van der Waals surface area (Å²) in [5.41, 5.74) is 2.46. The molecule has 1 aromatic heterocycles. The Morgan fingerprint density at radius 1 is 1.16 bits per heavy atom. The number of hydrogen-bond donors (Lipinski definition) is 1. The van der Waals surface area contributed by atoms with Crippen molar-refractivity contribution in [2.45, 2.75) is 5.75 Å². The first kappa shape index (κ1) is 16.9. The van der Waals surface area contributed by atoms with E-state index in [1.54, 1.807) is 42.6 Å². The summed E-state index contributed by atoms with van der Waals surface area (Å²) in [6, 6.07) is 13.7. The topological polar surface area (TPSA) is 89.3 Å². The minimum Gasteiger partial charge on any atom is -0.444 e. The van der Waals surface area contributed by atoms with E-state index in [0.29, 0.717) is 22.6 Å². The number of amides is 1. The summed E-state index contributed by atoms with van der Waals surface area (Å²) < 4.78 is 28.0. The van der Waals surface area contributed by atoms with E-state index in [-0.39, 0.29) is 11.7 Å². The van der Waals surface area contributed by atoms with E-state index in [9.17, 15) is 13.2 Å². The summed E-state index contributed by atoms with van der Waals surface area (Å²) in [6.45, 7) is 0. The third kappa shape index (κ3) is 4.54. The Balaban J connectivity index is 1.73. The number of nitrogens with zero attached hydrogens (tertiary/aromatic N) is 1. The Hall–Kier alpha value is -2.93. The molecule has 0 unspecified atom stereocenters. The summed E-state index contributed by atoms with van der Waals surface area (Å²) in [4.78, 5) is 16.2. The van der Waals surface area contributed by atoms with Gasteiger partial charge in [-0.1, -0.05) is 12.1 Å². The molecule has 2 aromatic carbocycles. The predicted molar refractivity (Wildman–Crippen MR) is 94.9 cm³/mol. The largest absolute Gasteiger partial charge is 0.444 e. The van der Waals surface area contributed by atoms with Gasteiger partial charge in [0.2, 0.25) is 0 Å². The Kier molecular flexibility index (Phi) is 4.67. The van der Waals surface area contributed by atoms with Crippen LogP contribution in [0.15, 0.2) is 65.5 Å². The van der Waals surface area contributed by atoms with Gasteiger partial charge in [0.1, 0.15) is 0 Å². The second-order valence-electron chi connectivity index (χ2n) is 5.67. The van der Waals surface area contributed by atoms with Gasteiger partial charge in [-0.15, -0.1) is 0 Å². The maximum absolute atomic E-state index is 12.4. The van der Waals surface area contributed by atoms with Gasteiger partial charge in [0, 0.05) is 23.1 Å². The molecule has 3 aromatic rings. The monoisotopic (exact) mass is 356 g/mol. The molecule has 1 heterocycles. The van der Waals surface area contributed by atoms with Gasteiger partial charge in [-0.25, -0.2) is 13.4 Å². The fraction of sp³-hybridized carbons (Fsp3) is 0.111. The predicted octanol–water partition coefficient (Wildman–Crippen LogP) is 3.14. The molecule has 0 radical (unpaired) electrons. The van der Waals surface area contributed by atoms with Gasteiger partial charge in [-0.2, -0.15) is 0 Å². The van der Waals surface area contributed by atoms with E-state index in [1.165, 1.54) is 6.39 Å². The molecule has 128 valence electrons. The van der Waals surface area contributed by atoms with Gasteiger partial charge in [0.15, 0.2) is 22.0 Å².